The lowest BCUT2D eigenvalue weighted by molar-refractivity contribution is 0.0693. The molecule has 4 nitrogen and oxygen atoms in total. The van der Waals surface area contributed by atoms with Crippen LogP contribution in [0.5, 0.6) is 5.75 Å². The van der Waals surface area contributed by atoms with Gasteiger partial charge in [-0.2, -0.15) is 0 Å². The first-order valence-electron chi connectivity index (χ1n) is 5.51. The maximum absolute atomic E-state index is 12.4. The van der Waals surface area contributed by atoms with E-state index in [2.05, 4.69) is 0 Å². The van der Waals surface area contributed by atoms with Crippen LogP contribution >= 0.6 is 0 Å². The number of carbonyl (C=O) groups is 1. The summed E-state index contributed by atoms with van der Waals surface area (Å²) in [7, 11) is 0.0218. The van der Waals surface area contributed by atoms with E-state index in [0.717, 1.165) is 0 Å². The molecule has 1 N–H and O–H groups in total. The molecule has 0 aliphatic rings. The molecule has 19 heavy (non-hydrogen) atoms. The van der Waals surface area contributed by atoms with Crippen molar-refractivity contribution in [1.82, 2.24) is 0 Å². The molecule has 0 amide bonds. The van der Waals surface area contributed by atoms with Crippen molar-refractivity contribution in [2.24, 2.45) is 0 Å². The monoisotopic (exact) mass is 276 g/mol. The predicted molar refractivity (Wildman–Crippen MR) is 71.1 cm³/mol. The van der Waals surface area contributed by atoms with Crippen LogP contribution in [-0.4, -0.2) is 22.4 Å². The molecule has 2 aromatic carbocycles. The molecule has 2 aromatic rings. The van der Waals surface area contributed by atoms with Gasteiger partial charge in [0.2, 0.25) is 0 Å². The highest BCUT2D eigenvalue weighted by Gasteiger charge is 2.16. The zero-order valence-corrected chi connectivity index (χ0v) is 11.0. The van der Waals surface area contributed by atoms with E-state index in [1.54, 1.807) is 49.6 Å². The van der Waals surface area contributed by atoms with E-state index in [-0.39, 0.29) is 5.56 Å². The second-order valence-electron chi connectivity index (χ2n) is 3.75. The standard InChI is InChI=1S/C14H12O4S/c1-18-10-6-8-11(9-7-10)19(17)13-5-3-2-4-12(13)14(15)16/h2-9H,1H3,(H,15,16)/t19-/m1/s1. The van der Waals surface area contributed by atoms with Gasteiger partial charge in [-0.25, -0.2) is 9.00 Å². The Morgan fingerprint density at radius 3 is 2.32 bits per heavy atom. The molecule has 0 aromatic heterocycles. The van der Waals surface area contributed by atoms with Crippen LogP contribution in [0.15, 0.2) is 58.3 Å². The van der Waals surface area contributed by atoms with Crippen LogP contribution in [0.3, 0.4) is 0 Å². The van der Waals surface area contributed by atoms with Crippen molar-refractivity contribution in [3.63, 3.8) is 0 Å². The number of hydrogen-bond acceptors (Lipinski definition) is 3. The van der Waals surface area contributed by atoms with Crippen molar-refractivity contribution in [2.45, 2.75) is 9.79 Å². The van der Waals surface area contributed by atoms with E-state index in [0.29, 0.717) is 15.5 Å². The maximum atomic E-state index is 12.4. The Balaban J connectivity index is 2.41. The summed E-state index contributed by atoms with van der Waals surface area (Å²) < 4.78 is 17.4. The first-order chi connectivity index (χ1) is 9.13. The molecule has 0 saturated carbocycles. The summed E-state index contributed by atoms with van der Waals surface area (Å²) >= 11 is 0. The van der Waals surface area contributed by atoms with Crippen molar-refractivity contribution in [3.8, 4) is 5.75 Å². The Hall–Kier alpha value is -2.14. The van der Waals surface area contributed by atoms with Crippen molar-refractivity contribution in [3.05, 3.63) is 54.1 Å². The van der Waals surface area contributed by atoms with Gasteiger partial charge in [0.15, 0.2) is 0 Å². The molecule has 0 aliphatic heterocycles. The predicted octanol–water partition coefficient (Wildman–Crippen LogP) is 2.56. The number of carboxylic acid groups (broad SMARTS) is 1. The minimum Gasteiger partial charge on any atom is -0.497 e. The Bertz CT molecular complexity index is 620. The van der Waals surface area contributed by atoms with Gasteiger partial charge < -0.3 is 9.84 Å². The molecule has 0 saturated heterocycles. The molecule has 0 unspecified atom stereocenters. The fourth-order valence-corrected chi connectivity index (χ4v) is 2.83. The van der Waals surface area contributed by atoms with Crippen LogP contribution in [-0.2, 0) is 10.8 Å². The lowest BCUT2D eigenvalue weighted by Crippen LogP contribution is -2.04. The number of methoxy groups -OCH3 is 1. The molecule has 0 fully saturated rings. The second-order valence-corrected chi connectivity index (χ2v) is 5.19. The quantitative estimate of drug-likeness (QED) is 0.932. The molecule has 0 bridgehead atoms. The van der Waals surface area contributed by atoms with Gasteiger partial charge >= 0.3 is 5.97 Å². The van der Waals surface area contributed by atoms with Gasteiger partial charge in [0.25, 0.3) is 0 Å². The molecule has 5 heteroatoms. The molecule has 0 radical (unpaired) electrons. The number of benzene rings is 2. The number of carboxylic acids is 1. The maximum Gasteiger partial charge on any atom is 0.336 e. The third kappa shape index (κ3) is 2.82. The van der Waals surface area contributed by atoms with Gasteiger partial charge in [0.05, 0.1) is 28.4 Å². The Morgan fingerprint density at radius 2 is 1.74 bits per heavy atom. The van der Waals surface area contributed by atoms with Gasteiger partial charge in [-0.3, -0.25) is 0 Å². The average Bonchev–Trinajstić information content (AvgIpc) is 2.46. The summed E-state index contributed by atoms with van der Waals surface area (Å²) in [5, 5.41) is 9.09. The Morgan fingerprint density at radius 1 is 1.11 bits per heavy atom. The van der Waals surface area contributed by atoms with E-state index < -0.39 is 16.8 Å². The largest absolute Gasteiger partial charge is 0.497 e. The van der Waals surface area contributed by atoms with Gasteiger partial charge in [-0.1, -0.05) is 12.1 Å². The molecule has 0 spiro atoms. The summed E-state index contributed by atoms with van der Waals surface area (Å²) in [5.74, 6) is -0.426. The zero-order chi connectivity index (χ0) is 13.8. The first kappa shape index (κ1) is 13.3. The number of ether oxygens (including phenoxy) is 1. The Labute approximate surface area is 113 Å². The van der Waals surface area contributed by atoms with Crippen molar-refractivity contribution in [1.29, 1.82) is 0 Å². The lowest BCUT2D eigenvalue weighted by atomic mass is 10.2. The smallest absolute Gasteiger partial charge is 0.336 e. The van der Waals surface area contributed by atoms with Crippen LogP contribution in [0.4, 0.5) is 0 Å². The SMILES string of the molecule is COc1ccc([S@@](=O)c2ccccc2C(=O)O)cc1. The molecule has 98 valence electrons. The number of rotatable bonds is 4. The molecule has 2 rings (SSSR count). The normalized spacial score (nSPS) is 11.8. The zero-order valence-electron chi connectivity index (χ0n) is 10.2. The van der Waals surface area contributed by atoms with Crippen LogP contribution in [0.1, 0.15) is 10.4 Å². The van der Waals surface area contributed by atoms with Crippen molar-refractivity contribution < 1.29 is 18.8 Å². The third-order valence-corrected chi connectivity index (χ3v) is 4.05. The van der Waals surface area contributed by atoms with Crippen molar-refractivity contribution >= 4 is 16.8 Å². The van der Waals surface area contributed by atoms with E-state index in [4.69, 9.17) is 9.84 Å². The summed E-state index contributed by atoms with van der Waals surface area (Å²) in [6.07, 6.45) is 0. The highest BCUT2D eigenvalue weighted by atomic mass is 32.2. The van der Waals surface area contributed by atoms with Crippen LogP contribution in [0.2, 0.25) is 0 Å². The average molecular weight is 276 g/mol. The summed E-state index contributed by atoms with van der Waals surface area (Å²) in [4.78, 5) is 11.9. The molecule has 0 aliphatic carbocycles. The van der Waals surface area contributed by atoms with E-state index in [9.17, 15) is 9.00 Å². The van der Waals surface area contributed by atoms with Gasteiger partial charge in [-0.05, 0) is 36.4 Å². The molecular formula is C14H12O4S. The highest BCUT2D eigenvalue weighted by Crippen LogP contribution is 2.22. The van der Waals surface area contributed by atoms with Crippen molar-refractivity contribution in [2.75, 3.05) is 7.11 Å². The van der Waals surface area contributed by atoms with Gasteiger partial charge in [0.1, 0.15) is 5.75 Å². The van der Waals surface area contributed by atoms with Gasteiger partial charge in [-0.15, -0.1) is 0 Å². The summed E-state index contributed by atoms with van der Waals surface area (Å²) in [6, 6.07) is 13.0. The van der Waals surface area contributed by atoms with E-state index >= 15 is 0 Å². The fraction of sp³-hybridized carbons (Fsp3) is 0.0714. The first-order valence-corrected chi connectivity index (χ1v) is 6.66. The second kappa shape index (κ2) is 5.67. The number of hydrogen-bond donors (Lipinski definition) is 1. The lowest BCUT2D eigenvalue weighted by Gasteiger charge is -2.06. The molecule has 0 heterocycles. The van der Waals surface area contributed by atoms with Crippen LogP contribution < -0.4 is 4.74 Å². The van der Waals surface area contributed by atoms with Gasteiger partial charge in [0, 0.05) is 4.90 Å². The molecule has 1 atom stereocenters. The minimum atomic E-state index is -1.53. The molecular weight excluding hydrogens is 264 g/mol. The van der Waals surface area contributed by atoms with E-state index in [1.165, 1.54) is 6.07 Å². The minimum absolute atomic E-state index is 0.0525. The topological polar surface area (TPSA) is 63.6 Å². The third-order valence-electron chi connectivity index (χ3n) is 2.59. The van der Waals surface area contributed by atoms with Crippen LogP contribution in [0.25, 0.3) is 0 Å². The summed E-state index contributed by atoms with van der Waals surface area (Å²) in [5.41, 5.74) is 0.0525. The fourth-order valence-electron chi connectivity index (χ4n) is 1.63. The summed E-state index contributed by atoms with van der Waals surface area (Å²) in [6.45, 7) is 0. The van der Waals surface area contributed by atoms with E-state index in [1.807, 2.05) is 0 Å². The Kier molecular flexibility index (Phi) is 3.97. The van der Waals surface area contributed by atoms with Crippen LogP contribution in [0, 0.1) is 0 Å². The number of aromatic carboxylic acids is 1. The highest BCUT2D eigenvalue weighted by molar-refractivity contribution is 7.85.